The topological polar surface area (TPSA) is 66.0 Å². The monoisotopic (exact) mass is 378 g/mol. The van der Waals surface area contributed by atoms with Crippen LogP contribution in [-0.4, -0.2) is 5.91 Å². The Kier molecular flexibility index (Phi) is 5.20. The molecular formula is C17H12Cl2N2O2S. The van der Waals surface area contributed by atoms with E-state index in [0.717, 1.165) is 5.56 Å². The number of amides is 1. The van der Waals surface area contributed by atoms with Crippen molar-refractivity contribution in [3.8, 4) is 6.07 Å². The van der Waals surface area contributed by atoms with E-state index >= 15 is 0 Å². The molecule has 0 radical (unpaired) electrons. The lowest BCUT2D eigenvalue weighted by Gasteiger charge is -2.23. The molecule has 1 amide bonds. The lowest BCUT2D eigenvalue weighted by molar-refractivity contribution is -0.120. The third-order valence-electron chi connectivity index (χ3n) is 3.63. The van der Waals surface area contributed by atoms with Crippen LogP contribution in [0.5, 0.6) is 0 Å². The van der Waals surface area contributed by atoms with Crippen LogP contribution in [0.15, 0.2) is 51.6 Å². The maximum absolute atomic E-state index is 12.0. The molecule has 24 heavy (non-hydrogen) atoms. The minimum Gasteiger partial charge on any atom is -0.469 e. The maximum Gasteiger partial charge on any atom is 0.225 e. The Balaban J connectivity index is 1.86. The summed E-state index contributed by atoms with van der Waals surface area (Å²) in [6, 6.07) is 11.0. The summed E-state index contributed by atoms with van der Waals surface area (Å²) in [4.78, 5) is 12.0. The molecule has 0 spiro atoms. The Morgan fingerprint density at radius 3 is 2.88 bits per heavy atom. The molecule has 1 aromatic carbocycles. The molecule has 0 aliphatic carbocycles. The number of carbonyl (C=O) groups is 1. The molecule has 0 saturated carbocycles. The van der Waals surface area contributed by atoms with Gasteiger partial charge in [-0.15, -0.1) is 11.8 Å². The van der Waals surface area contributed by atoms with Gasteiger partial charge in [-0.3, -0.25) is 4.79 Å². The number of nitriles is 1. The second kappa shape index (κ2) is 7.35. The molecule has 1 aromatic heterocycles. The van der Waals surface area contributed by atoms with Crippen molar-refractivity contribution in [3.05, 3.63) is 68.6 Å². The van der Waals surface area contributed by atoms with Crippen molar-refractivity contribution in [1.29, 1.82) is 5.26 Å². The molecule has 1 atom stereocenters. The van der Waals surface area contributed by atoms with Gasteiger partial charge >= 0.3 is 0 Å². The van der Waals surface area contributed by atoms with Crippen molar-refractivity contribution in [2.45, 2.75) is 18.1 Å². The van der Waals surface area contributed by atoms with E-state index < -0.39 is 0 Å². The van der Waals surface area contributed by atoms with Gasteiger partial charge in [0.25, 0.3) is 0 Å². The number of benzene rings is 1. The van der Waals surface area contributed by atoms with Gasteiger partial charge in [0, 0.05) is 22.2 Å². The predicted octanol–water partition coefficient (Wildman–Crippen LogP) is 4.86. The van der Waals surface area contributed by atoms with E-state index in [4.69, 9.17) is 27.6 Å². The predicted molar refractivity (Wildman–Crippen MR) is 94.6 cm³/mol. The number of nitrogens with zero attached hydrogens (tertiary/aromatic N) is 1. The van der Waals surface area contributed by atoms with E-state index in [2.05, 4.69) is 11.4 Å². The van der Waals surface area contributed by atoms with Gasteiger partial charge in [-0.25, -0.2) is 0 Å². The first-order chi connectivity index (χ1) is 11.6. The van der Waals surface area contributed by atoms with Crippen LogP contribution in [0.25, 0.3) is 0 Å². The first kappa shape index (κ1) is 17.0. The summed E-state index contributed by atoms with van der Waals surface area (Å²) >= 11 is 13.4. The normalized spacial score (nSPS) is 17.5. The van der Waals surface area contributed by atoms with E-state index in [9.17, 15) is 10.1 Å². The third-order valence-corrected chi connectivity index (χ3v) is 5.28. The van der Waals surface area contributed by atoms with Gasteiger partial charge in [-0.05, 0) is 29.8 Å². The Labute approximate surface area is 153 Å². The maximum atomic E-state index is 12.0. The summed E-state index contributed by atoms with van der Waals surface area (Å²) in [6.07, 6.45) is 1.74. The molecule has 0 unspecified atom stereocenters. The highest BCUT2D eigenvalue weighted by atomic mass is 35.5. The number of hydrogen-bond donors (Lipinski definition) is 1. The van der Waals surface area contributed by atoms with Crippen LogP contribution in [0.1, 0.15) is 23.7 Å². The minimum atomic E-state index is -0.359. The molecular weight excluding hydrogens is 367 g/mol. The number of carbonyl (C=O) groups excluding carboxylic acids is 1. The molecule has 1 aliphatic heterocycles. The summed E-state index contributed by atoms with van der Waals surface area (Å²) in [7, 11) is 0. The Hall–Kier alpha value is -1.87. The quantitative estimate of drug-likeness (QED) is 0.824. The van der Waals surface area contributed by atoms with Gasteiger partial charge in [0.15, 0.2) is 0 Å². The summed E-state index contributed by atoms with van der Waals surface area (Å²) in [5.41, 5.74) is 1.38. The smallest absolute Gasteiger partial charge is 0.225 e. The summed E-state index contributed by atoms with van der Waals surface area (Å²) in [6.45, 7) is 0. The van der Waals surface area contributed by atoms with Crippen molar-refractivity contribution in [2.75, 3.05) is 0 Å². The van der Waals surface area contributed by atoms with Gasteiger partial charge in [0.2, 0.25) is 5.91 Å². The lowest BCUT2D eigenvalue weighted by atomic mass is 9.92. The van der Waals surface area contributed by atoms with Crippen LogP contribution in [0.3, 0.4) is 0 Å². The van der Waals surface area contributed by atoms with Gasteiger partial charge < -0.3 is 9.73 Å². The zero-order valence-corrected chi connectivity index (χ0v) is 14.7. The zero-order chi connectivity index (χ0) is 17.1. The average Bonchev–Trinajstić information content (AvgIpc) is 3.07. The Bertz CT molecular complexity index is 841. The van der Waals surface area contributed by atoms with E-state index in [0.29, 0.717) is 32.2 Å². The van der Waals surface area contributed by atoms with Crippen LogP contribution in [0.2, 0.25) is 10.0 Å². The highest BCUT2D eigenvalue weighted by Gasteiger charge is 2.31. The van der Waals surface area contributed by atoms with Crippen molar-refractivity contribution in [3.63, 3.8) is 0 Å². The fraction of sp³-hybridized carbons (Fsp3) is 0.176. The number of allylic oxidation sites excluding steroid dienone is 1. The van der Waals surface area contributed by atoms with Crippen LogP contribution >= 0.6 is 35.0 Å². The SMILES string of the molecule is N#CC1=C(SCc2ccc(Cl)cc2Cl)NC(=O)C[C@@H]1c1ccco1. The molecule has 3 rings (SSSR count). The number of thioether (sulfide) groups is 1. The largest absolute Gasteiger partial charge is 0.469 e. The van der Waals surface area contributed by atoms with E-state index in [1.807, 2.05) is 6.07 Å². The summed E-state index contributed by atoms with van der Waals surface area (Å²) < 4.78 is 5.39. The highest BCUT2D eigenvalue weighted by Crippen LogP contribution is 2.37. The van der Waals surface area contributed by atoms with Crippen LogP contribution in [0, 0.1) is 11.3 Å². The van der Waals surface area contributed by atoms with Gasteiger partial charge in [0.1, 0.15) is 5.76 Å². The van der Waals surface area contributed by atoms with Gasteiger partial charge in [-0.1, -0.05) is 29.3 Å². The number of rotatable bonds is 4. The first-order valence-electron chi connectivity index (χ1n) is 7.12. The molecule has 0 bridgehead atoms. The van der Waals surface area contributed by atoms with Crippen LogP contribution in [0.4, 0.5) is 0 Å². The molecule has 1 N–H and O–H groups in total. The standard InChI is InChI=1S/C17H12Cl2N2O2S/c18-11-4-3-10(14(19)6-11)9-24-17-13(8-20)12(7-16(22)21-17)15-2-1-5-23-15/h1-6,12H,7,9H2,(H,21,22)/t12-/m0/s1. The fourth-order valence-corrected chi connectivity index (χ4v) is 4.09. The van der Waals surface area contributed by atoms with Crippen molar-refractivity contribution < 1.29 is 9.21 Å². The molecule has 2 heterocycles. The highest BCUT2D eigenvalue weighted by molar-refractivity contribution is 8.02. The number of hydrogen-bond acceptors (Lipinski definition) is 4. The van der Waals surface area contributed by atoms with Crippen molar-refractivity contribution >= 4 is 40.9 Å². The lowest BCUT2D eigenvalue weighted by Crippen LogP contribution is -2.30. The molecule has 122 valence electrons. The van der Waals surface area contributed by atoms with Crippen LogP contribution < -0.4 is 5.32 Å². The Morgan fingerprint density at radius 1 is 1.38 bits per heavy atom. The van der Waals surface area contributed by atoms with Crippen molar-refractivity contribution in [2.24, 2.45) is 0 Å². The second-order valence-corrected chi connectivity index (χ2v) is 7.03. The molecule has 1 aliphatic rings. The fourth-order valence-electron chi connectivity index (χ4n) is 2.45. The average molecular weight is 379 g/mol. The van der Waals surface area contributed by atoms with E-state index in [-0.39, 0.29) is 18.2 Å². The zero-order valence-electron chi connectivity index (χ0n) is 12.4. The molecule has 0 saturated heterocycles. The third kappa shape index (κ3) is 3.62. The number of furan rings is 1. The second-order valence-electron chi connectivity index (χ2n) is 5.20. The molecule has 2 aromatic rings. The van der Waals surface area contributed by atoms with Gasteiger partial charge in [0.05, 0.1) is 28.9 Å². The molecule has 0 fully saturated rings. The van der Waals surface area contributed by atoms with E-state index in [1.54, 1.807) is 24.3 Å². The van der Waals surface area contributed by atoms with E-state index in [1.165, 1.54) is 18.0 Å². The molecule has 4 nitrogen and oxygen atoms in total. The summed E-state index contributed by atoms with van der Waals surface area (Å²) in [5, 5.41) is 14.0. The Morgan fingerprint density at radius 2 is 2.21 bits per heavy atom. The minimum absolute atomic E-state index is 0.139. The molecule has 7 heteroatoms. The number of nitrogens with one attached hydrogen (secondary N) is 1. The first-order valence-corrected chi connectivity index (χ1v) is 8.87. The summed E-state index contributed by atoms with van der Waals surface area (Å²) in [5.74, 6) is 0.632. The van der Waals surface area contributed by atoms with Crippen LogP contribution in [-0.2, 0) is 10.5 Å². The number of halogens is 2. The van der Waals surface area contributed by atoms with Crippen molar-refractivity contribution in [1.82, 2.24) is 5.32 Å². The van der Waals surface area contributed by atoms with Gasteiger partial charge in [-0.2, -0.15) is 5.26 Å².